The second-order valence-corrected chi connectivity index (χ2v) is 8.04. The zero-order valence-electron chi connectivity index (χ0n) is 16.1. The first-order chi connectivity index (χ1) is 13.8. The number of halogens is 1. The van der Waals surface area contributed by atoms with Gasteiger partial charge in [0.2, 0.25) is 0 Å². The summed E-state index contributed by atoms with van der Waals surface area (Å²) in [4.78, 5) is 1.88. The normalized spacial score (nSPS) is 16.2. The van der Waals surface area contributed by atoms with E-state index < -0.39 is 0 Å². The SMILES string of the molecule is Clc1ccc(C(CCCC2CCNCC2)n2ncc(-c3ccccc3)n2)cc1. The molecule has 0 amide bonds. The zero-order valence-corrected chi connectivity index (χ0v) is 16.9. The van der Waals surface area contributed by atoms with Gasteiger partial charge in [0.1, 0.15) is 5.69 Å². The summed E-state index contributed by atoms with van der Waals surface area (Å²) in [6.45, 7) is 2.32. The van der Waals surface area contributed by atoms with Crippen LogP contribution in [0.15, 0.2) is 60.8 Å². The van der Waals surface area contributed by atoms with E-state index in [0.717, 1.165) is 41.7 Å². The number of rotatable bonds is 7. The lowest BCUT2D eigenvalue weighted by atomic mass is 9.91. The molecule has 2 heterocycles. The van der Waals surface area contributed by atoms with Crippen molar-refractivity contribution in [2.24, 2.45) is 5.92 Å². The van der Waals surface area contributed by atoms with Crippen LogP contribution >= 0.6 is 11.6 Å². The Morgan fingerprint density at radius 1 is 1.04 bits per heavy atom. The lowest BCUT2D eigenvalue weighted by Gasteiger charge is -2.23. The Hall–Kier alpha value is -2.17. The van der Waals surface area contributed by atoms with Crippen LogP contribution in [0.5, 0.6) is 0 Å². The number of aromatic nitrogens is 3. The summed E-state index contributed by atoms with van der Waals surface area (Å²) >= 11 is 6.11. The van der Waals surface area contributed by atoms with Crippen molar-refractivity contribution in [1.29, 1.82) is 0 Å². The molecule has 0 aliphatic carbocycles. The summed E-state index contributed by atoms with van der Waals surface area (Å²) in [5.74, 6) is 0.845. The van der Waals surface area contributed by atoms with E-state index in [2.05, 4.69) is 34.7 Å². The molecular weight excluding hydrogens is 368 g/mol. The minimum atomic E-state index is 0.136. The second-order valence-electron chi connectivity index (χ2n) is 7.61. The Kier molecular flexibility index (Phi) is 6.40. The maximum absolute atomic E-state index is 6.11. The van der Waals surface area contributed by atoms with Crippen molar-refractivity contribution in [3.8, 4) is 11.3 Å². The van der Waals surface area contributed by atoms with Gasteiger partial charge in [0.05, 0.1) is 12.2 Å². The zero-order chi connectivity index (χ0) is 19.2. The fraction of sp³-hybridized carbons (Fsp3) is 0.391. The Labute approximate surface area is 171 Å². The van der Waals surface area contributed by atoms with Crippen LogP contribution in [0.2, 0.25) is 5.02 Å². The molecule has 146 valence electrons. The summed E-state index contributed by atoms with van der Waals surface area (Å²) < 4.78 is 0. The molecule has 1 aliphatic heterocycles. The van der Waals surface area contributed by atoms with Crippen molar-refractivity contribution < 1.29 is 0 Å². The Morgan fingerprint density at radius 2 is 1.79 bits per heavy atom. The van der Waals surface area contributed by atoms with Crippen molar-refractivity contribution in [3.63, 3.8) is 0 Å². The van der Waals surface area contributed by atoms with Gasteiger partial charge in [-0.2, -0.15) is 15.0 Å². The smallest absolute Gasteiger partial charge is 0.113 e. The average molecular weight is 395 g/mol. The van der Waals surface area contributed by atoms with Gasteiger partial charge in [-0.05, 0) is 56.0 Å². The lowest BCUT2D eigenvalue weighted by molar-refractivity contribution is 0.328. The second kappa shape index (κ2) is 9.35. The third-order valence-electron chi connectivity index (χ3n) is 5.66. The van der Waals surface area contributed by atoms with Crippen molar-refractivity contribution in [1.82, 2.24) is 20.3 Å². The minimum Gasteiger partial charge on any atom is -0.317 e. The number of hydrogen-bond donors (Lipinski definition) is 1. The van der Waals surface area contributed by atoms with E-state index in [-0.39, 0.29) is 6.04 Å². The van der Waals surface area contributed by atoms with E-state index in [1.54, 1.807) is 0 Å². The van der Waals surface area contributed by atoms with Gasteiger partial charge in [-0.1, -0.05) is 66.9 Å². The minimum absolute atomic E-state index is 0.136. The van der Waals surface area contributed by atoms with Crippen LogP contribution in [0.25, 0.3) is 11.3 Å². The molecule has 3 aromatic rings. The first-order valence-electron chi connectivity index (χ1n) is 10.2. The molecule has 1 fully saturated rings. The Morgan fingerprint density at radius 3 is 2.54 bits per heavy atom. The molecule has 4 rings (SSSR count). The van der Waals surface area contributed by atoms with E-state index >= 15 is 0 Å². The monoisotopic (exact) mass is 394 g/mol. The molecule has 1 saturated heterocycles. The molecule has 1 atom stereocenters. The number of piperidine rings is 1. The summed E-state index contributed by atoms with van der Waals surface area (Å²) in [6.07, 6.45) is 7.95. The molecule has 4 nitrogen and oxygen atoms in total. The molecule has 1 N–H and O–H groups in total. The predicted octanol–water partition coefficient (Wildman–Crippen LogP) is 5.36. The van der Waals surface area contributed by atoms with Gasteiger partial charge < -0.3 is 5.32 Å². The van der Waals surface area contributed by atoms with Crippen LogP contribution in [0.3, 0.4) is 0 Å². The van der Waals surface area contributed by atoms with Gasteiger partial charge in [-0.25, -0.2) is 0 Å². The van der Waals surface area contributed by atoms with Gasteiger partial charge in [-0.15, -0.1) is 0 Å². The summed E-state index contributed by atoms with van der Waals surface area (Å²) in [6, 6.07) is 18.5. The number of nitrogens with zero attached hydrogens (tertiary/aromatic N) is 3. The van der Waals surface area contributed by atoms with Crippen LogP contribution in [0, 0.1) is 5.92 Å². The van der Waals surface area contributed by atoms with Gasteiger partial charge in [0, 0.05) is 10.6 Å². The number of benzene rings is 2. The quantitative estimate of drug-likeness (QED) is 0.586. The summed E-state index contributed by atoms with van der Waals surface area (Å²) in [5.41, 5.74) is 3.22. The van der Waals surface area contributed by atoms with E-state index in [4.69, 9.17) is 16.7 Å². The molecule has 0 spiro atoms. The first kappa shape index (κ1) is 19.2. The standard InChI is InChI=1S/C23H27ClN4/c24-21-11-9-20(10-12-21)23(8-4-5-18-13-15-25-16-14-18)28-26-17-22(27-28)19-6-2-1-3-7-19/h1-3,6-7,9-12,17-18,23,25H,4-5,8,13-16H2. The van der Waals surface area contributed by atoms with Crippen molar-refractivity contribution >= 4 is 11.6 Å². The average Bonchev–Trinajstić information content (AvgIpc) is 3.23. The maximum Gasteiger partial charge on any atom is 0.113 e. The molecule has 1 aliphatic rings. The van der Waals surface area contributed by atoms with E-state index in [1.807, 2.05) is 41.3 Å². The van der Waals surface area contributed by atoms with Gasteiger partial charge >= 0.3 is 0 Å². The summed E-state index contributed by atoms with van der Waals surface area (Å²) in [7, 11) is 0. The molecular formula is C23H27ClN4. The largest absolute Gasteiger partial charge is 0.317 e. The summed E-state index contributed by atoms with van der Waals surface area (Å²) in [5, 5.41) is 13.6. The molecule has 5 heteroatoms. The third kappa shape index (κ3) is 4.81. The highest BCUT2D eigenvalue weighted by atomic mass is 35.5. The highest BCUT2D eigenvalue weighted by molar-refractivity contribution is 6.30. The fourth-order valence-electron chi connectivity index (χ4n) is 4.04. The molecule has 2 aromatic carbocycles. The molecule has 0 radical (unpaired) electrons. The van der Waals surface area contributed by atoms with Gasteiger partial charge in [0.15, 0.2) is 0 Å². The van der Waals surface area contributed by atoms with Crippen molar-refractivity contribution in [2.75, 3.05) is 13.1 Å². The van der Waals surface area contributed by atoms with Gasteiger partial charge in [0.25, 0.3) is 0 Å². The van der Waals surface area contributed by atoms with Crippen molar-refractivity contribution in [3.05, 3.63) is 71.4 Å². The van der Waals surface area contributed by atoms with Crippen LogP contribution in [-0.2, 0) is 0 Å². The Bertz CT molecular complexity index is 854. The van der Waals surface area contributed by atoms with Crippen molar-refractivity contribution in [2.45, 2.75) is 38.1 Å². The highest BCUT2D eigenvalue weighted by Gasteiger charge is 2.19. The van der Waals surface area contributed by atoms with Crippen LogP contribution < -0.4 is 5.32 Å². The molecule has 0 saturated carbocycles. The molecule has 28 heavy (non-hydrogen) atoms. The van der Waals surface area contributed by atoms with Crippen LogP contribution in [0.1, 0.15) is 43.7 Å². The maximum atomic E-state index is 6.11. The first-order valence-corrected chi connectivity index (χ1v) is 10.6. The van der Waals surface area contributed by atoms with Crippen LogP contribution in [-0.4, -0.2) is 28.1 Å². The third-order valence-corrected chi connectivity index (χ3v) is 5.91. The molecule has 0 bridgehead atoms. The molecule has 1 unspecified atom stereocenters. The topological polar surface area (TPSA) is 42.7 Å². The highest BCUT2D eigenvalue weighted by Crippen LogP contribution is 2.28. The molecule has 1 aromatic heterocycles. The predicted molar refractivity (Wildman–Crippen MR) is 114 cm³/mol. The van der Waals surface area contributed by atoms with E-state index in [9.17, 15) is 0 Å². The van der Waals surface area contributed by atoms with E-state index in [1.165, 1.54) is 31.2 Å². The Balaban J connectivity index is 1.51. The lowest BCUT2D eigenvalue weighted by Crippen LogP contribution is -2.27. The van der Waals surface area contributed by atoms with Crippen LogP contribution in [0.4, 0.5) is 0 Å². The number of hydrogen-bond acceptors (Lipinski definition) is 3. The fourth-order valence-corrected chi connectivity index (χ4v) is 4.16. The number of nitrogens with one attached hydrogen (secondary N) is 1. The van der Waals surface area contributed by atoms with Gasteiger partial charge in [-0.3, -0.25) is 0 Å². The van der Waals surface area contributed by atoms with E-state index in [0.29, 0.717) is 0 Å².